The highest BCUT2D eigenvalue weighted by molar-refractivity contribution is 7.91. The average molecular weight is 463 g/mol. The van der Waals surface area contributed by atoms with E-state index >= 15 is 0 Å². The molecule has 0 saturated carbocycles. The van der Waals surface area contributed by atoms with Gasteiger partial charge in [0.15, 0.2) is 16.4 Å². The van der Waals surface area contributed by atoms with Crippen LogP contribution < -0.4 is 4.74 Å². The summed E-state index contributed by atoms with van der Waals surface area (Å²) in [6, 6.07) is 11.4. The van der Waals surface area contributed by atoms with Crippen molar-refractivity contribution in [2.75, 3.05) is 18.1 Å². The third-order valence-corrected chi connectivity index (χ3v) is 6.97. The summed E-state index contributed by atoms with van der Waals surface area (Å²) in [6.45, 7) is -0.0181. The lowest BCUT2D eigenvalue weighted by Gasteiger charge is -2.28. The topological polar surface area (TPSA) is 63.7 Å². The van der Waals surface area contributed by atoms with Crippen LogP contribution in [0.3, 0.4) is 0 Å². The van der Waals surface area contributed by atoms with Crippen molar-refractivity contribution < 1.29 is 17.9 Å². The summed E-state index contributed by atoms with van der Waals surface area (Å²) in [4.78, 5) is 14.4. The molecule has 1 amide bonds. The van der Waals surface area contributed by atoms with E-state index in [1.807, 2.05) is 6.07 Å². The molecule has 2 aromatic rings. The molecule has 0 N–H and O–H groups in total. The van der Waals surface area contributed by atoms with Crippen LogP contribution in [-0.2, 0) is 21.2 Å². The summed E-state index contributed by atoms with van der Waals surface area (Å²) < 4.78 is 29.4. The molecule has 0 aromatic heterocycles. The molecule has 150 valence electrons. The lowest BCUT2D eigenvalue weighted by molar-refractivity contribution is -0.136. The number of rotatable bonds is 6. The Labute approximate surface area is 179 Å². The van der Waals surface area contributed by atoms with E-state index in [0.717, 1.165) is 5.56 Å². The van der Waals surface area contributed by atoms with Crippen LogP contribution in [0.1, 0.15) is 12.0 Å². The van der Waals surface area contributed by atoms with Crippen molar-refractivity contribution >= 4 is 50.5 Å². The SMILES string of the molecule is O=C(COc1ccc(Cl)cc1Cl)N(Cc1cccc(Cl)c1)C1CCS(=O)(=O)C1. The molecule has 1 heterocycles. The molecule has 0 spiro atoms. The standard InChI is InChI=1S/C19H18Cl3NO4S/c20-14-3-1-2-13(8-14)10-23(16-6-7-28(25,26)12-16)19(24)11-27-18-5-4-15(21)9-17(18)22/h1-5,8-9,16H,6-7,10-12H2. The van der Waals surface area contributed by atoms with Gasteiger partial charge in [-0.1, -0.05) is 46.9 Å². The molecule has 3 rings (SSSR count). The summed E-state index contributed by atoms with van der Waals surface area (Å²) in [5.41, 5.74) is 0.815. The van der Waals surface area contributed by atoms with Gasteiger partial charge < -0.3 is 9.64 Å². The molecular weight excluding hydrogens is 445 g/mol. The van der Waals surface area contributed by atoms with E-state index in [1.54, 1.807) is 35.2 Å². The Bertz CT molecular complexity index is 981. The zero-order chi connectivity index (χ0) is 20.3. The quantitative estimate of drug-likeness (QED) is 0.644. The Balaban J connectivity index is 1.76. The van der Waals surface area contributed by atoms with Crippen molar-refractivity contribution in [3.05, 3.63) is 63.1 Å². The second kappa shape index (κ2) is 8.91. The highest BCUT2D eigenvalue weighted by Gasteiger charge is 2.34. The molecule has 2 aromatic carbocycles. The number of nitrogens with zero attached hydrogens (tertiary/aromatic N) is 1. The molecule has 1 fully saturated rings. The minimum Gasteiger partial charge on any atom is -0.482 e. The highest BCUT2D eigenvalue weighted by Crippen LogP contribution is 2.28. The third-order valence-electron chi connectivity index (χ3n) is 4.46. The van der Waals surface area contributed by atoms with Crippen LogP contribution in [0.5, 0.6) is 5.75 Å². The molecule has 28 heavy (non-hydrogen) atoms. The number of hydrogen-bond donors (Lipinski definition) is 0. The van der Waals surface area contributed by atoms with Gasteiger partial charge in [-0.25, -0.2) is 8.42 Å². The van der Waals surface area contributed by atoms with Crippen LogP contribution in [-0.4, -0.2) is 43.4 Å². The van der Waals surface area contributed by atoms with Gasteiger partial charge in [0.2, 0.25) is 0 Å². The van der Waals surface area contributed by atoms with Crippen LogP contribution in [0.25, 0.3) is 0 Å². The van der Waals surface area contributed by atoms with Crippen molar-refractivity contribution in [1.82, 2.24) is 4.90 Å². The first-order chi connectivity index (χ1) is 13.2. The lowest BCUT2D eigenvalue weighted by Crippen LogP contribution is -2.43. The smallest absolute Gasteiger partial charge is 0.261 e. The van der Waals surface area contributed by atoms with E-state index < -0.39 is 15.9 Å². The van der Waals surface area contributed by atoms with Gasteiger partial charge in [-0.15, -0.1) is 0 Å². The van der Waals surface area contributed by atoms with Gasteiger partial charge in [0.25, 0.3) is 5.91 Å². The molecular formula is C19H18Cl3NO4S. The third kappa shape index (κ3) is 5.54. The highest BCUT2D eigenvalue weighted by atomic mass is 35.5. The van der Waals surface area contributed by atoms with Crippen molar-refractivity contribution in [3.63, 3.8) is 0 Å². The first kappa shape index (κ1) is 21.2. The van der Waals surface area contributed by atoms with E-state index in [-0.39, 0.29) is 30.6 Å². The van der Waals surface area contributed by atoms with Gasteiger partial charge in [-0.2, -0.15) is 0 Å². The lowest BCUT2D eigenvalue weighted by atomic mass is 10.1. The molecule has 1 unspecified atom stereocenters. The molecule has 0 radical (unpaired) electrons. The van der Waals surface area contributed by atoms with E-state index in [2.05, 4.69) is 0 Å². The Kier molecular flexibility index (Phi) is 6.76. The largest absolute Gasteiger partial charge is 0.482 e. The Morgan fingerprint density at radius 1 is 1.11 bits per heavy atom. The first-order valence-electron chi connectivity index (χ1n) is 8.56. The normalized spacial score (nSPS) is 18.0. The number of amides is 1. The minimum absolute atomic E-state index is 0.0546. The average Bonchev–Trinajstić information content (AvgIpc) is 2.98. The molecule has 1 atom stereocenters. The van der Waals surface area contributed by atoms with Crippen molar-refractivity contribution in [2.45, 2.75) is 19.0 Å². The maximum atomic E-state index is 12.9. The van der Waals surface area contributed by atoms with Gasteiger partial charge in [0.1, 0.15) is 5.75 Å². The summed E-state index contributed by atoms with van der Waals surface area (Å²) in [5, 5.41) is 1.31. The summed E-state index contributed by atoms with van der Waals surface area (Å²) in [7, 11) is -3.15. The fraction of sp³-hybridized carbons (Fsp3) is 0.316. The van der Waals surface area contributed by atoms with Crippen LogP contribution in [0.2, 0.25) is 15.1 Å². The number of halogens is 3. The molecule has 9 heteroatoms. The number of carbonyl (C=O) groups excluding carboxylic acids is 1. The van der Waals surface area contributed by atoms with E-state index in [0.29, 0.717) is 27.2 Å². The number of carbonyl (C=O) groups is 1. The fourth-order valence-electron chi connectivity index (χ4n) is 3.09. The summed E-state index contributed by atoms with van der Waals surface area (Å²) in [5.74, 6) is 0.0243. The van der Waals surface area contributed by atoms with Crippen LogP contribution in [0.15, 0.2) is 42.5 Å². The number of ether oxygens (including phenoxy) is 1. The van der Waals surface area contributed by atoms with Gasteiger partial charge in [-0.05, 0) is 42.3 Å². The van der Waals surface area contributed by atoms with Crippen molar-refractivity contribution in [1.29, 1.82) is 0 Å². The van der Waals surface area contributed by atoms with E-state index in [4.69, 9.17) is 39.5 Å². The predicted octanol–water partition coefficient (Wildman–Crippen LogP) is 4.24. The van der Waals surface area contributed by atoms with E-state index in [9.17, 15) is 13.2 Å². The van der Waals surface area contributed by atoms with Gasteiger partial charge in [-0.3, -0.25) is 4.79 Å². The molecule has 1 aliphatic heterocycles. The maximum Gasteiger partial charge on any atom is 0.261 e. The molecule has 0 aliphatic carbocycles. The summed E-state index contributed by atoms with van der Waals surface area (Å²) in [6.07, 6.45) is 0.399. The predicted molar refractivity (Wildman–Crippen MR) is 111 cm³/mol. The zero-order valence-corrected chi connectivity index (χ0v) is 17.9. The fourth-order valence-corrected chi connectivity index (χ4v) is 5.50. The van der Waals surface area contributed by atoms with Crippen molar-refractivity contribution in [3.8, 4) is 5.75 Å². The van der Waals surface area contributed by atoms with Gasteiger partial charge in [0.05, 0.1) is 16.5 Å². The van der Waals surface area contributed by atoms with Crippen LogP contribution in [0, 0.1) is 0 Å². The number of sulfone groups is 1. The monoisotopic (exact) mass is 461 g/mol. The molecule has 1 aliphatic rings. The van der Waals surface area contributed by atoms with E-state index in [1.165, 1.54) is 6.07 Å². The minimum atomic E-state index is -3.15. The van der Waals surface area contributed by atoms with Crippen molar-refractivity contribution in [2.24, 2.45) is 0 Å². The second-order valence-corrected chi connectivity index (χ2v) is 10.1. The second-order valence-electron chi connectivity index (χ2n) is 6.57. The first-order valence-corrected chi connectivity index (χ1v) is 11.5. The maximum absolute atomic E-state index is 12.9. The number of hydrogen-bond acceptors (Lipinski definition) is 4. The zero-order valence-electron chi connectivity index (χ0n) is 14.8. The molecule has 5 nitrogen and oxygen atoms in total. The van der Waals surface area contributed by atoms with Gasteiger partial charge >= 0.3 is 0 Å². The van der Waals surface area contributed by atoms with Crippen LogP contribution in [0.4, 0.5) is 0 Å². The Hall–Kier alpha value is -1.47. The van der Waals surface area contributed by atoms with Crippen LogP contribution >= 0.6 is 34.8 Å². The molecule has 1 saturated heterocycles. The van der Waals surface area contributed by atoms with Gasteiger partial charge in [0, 0.05) is 22.6 Å². The Morgan fingerprint density at radius 2 is 1.86 bits per heavy atom. The molecule has 0 bridgehead atoms. The Morgan fingerprint density at radius 3 is 2.50 bits per heavy atom. The number of benzene rings is 2. The summed E-state index contributed by atoms with van der Waals surface area (Å²) >= 11 is 18.0.